The van der Waals surface area contributed by atoms with Crippen molar-refractivity contribution in [3.05, 3.63) is 24.0 Å². The minimum Gasteiger partial charge on any atom is -0.381 e. The van der Waals surface area contributed by atoms with Gasteiger partial charge in [-0.15, -0.1) is 0 Å². The first-order valence-corrected chi connectivity index (χ1v) is 7.50. The van der Waals surface area contributed by atoms with E-state index in [-0.39, 0.29) is 23.4 Å². The topological polar surface area (TPSA) is 88.2 Å². The van der Waals surface area contributed by atoms with Gasteiger partial charge in [-0.3, -0.25) is 9.78 Å². The fraction of sp³-hybridized carbons (Fsp3) is 0.455. The van der Waals surface area contributed by atoms with Crippen LogP contribution in [-0.4, -0.2) is 44.4 Å². The number of aromatic nitrogens is 1. The van der Waals surface area contributed by atoms with Gasteiger partial charge in [-0.2, -0.15) is 0 Å². The van der Waals surface area contributed by atoms with Gasteiger partial charge in [0.15, 0.2) is 0 Å². The largest absolute Gasteiger partial charge is 0.381 e. The molecule has 18 heavy (non-hydrogen) atoms. The van der Waals surface area contributed by atoms with E-state index in [1.165, 1.54) is 19.5 Å². The van der Waals surface area contributed by atoms with E-state index in [0.29, 0.717) is 5.69 Å². The van der Waals surface area contributed by atoms with E-state index in [4.69, 9.17) is 0 Å². The zero-order valence-corrected chi connectivity index (χ0v) is 11.4. The van der Waals surface area contributed by atoms with Gasteiger partial charge in [0.1, 0.15) is 15.5 Å². The first-order valence-electron chi connectivity index (χ1n) is 5.44. The Morgan fingerprint density at radius 2 is 2.17 bits per heavy atom. The summed E-state index contributed by atoms with van der Waals surface area (Å²) in [5.74, 6) is -0.251. The summed E-state index contributed by atoms with van der Waals surface area (Å²) in [6, 6.07) is 3.03. The number of hydrogen-bond donors (Lipinski definition) is 2. The van der Waals surface area contributed by atoms with E-state index in [9.17, 15) is 13.2 Å². The summed E-state index contributed by atoms with van der Waals surface area (Å²) in [6.45, 7) is 1.76. The molecule has 6 nitrogen and oxygen atoms in total. The second-order valence-corrected chi connectivity index (χ2v) is 6.33. The van der Waals surface area contributed by atoms with E-state index in [0.717, 1.165) is 0 Å². The van der Waals surface area contributed by atoms with Crippen LogP contribution in [0.25, 0.3) is 0 Å². The molecule has 1 unspecified atom stereocenters. The predicted molar refractivity (Wildman–Crippen MR) is 70.4 cm³/mol. The van der Waals surface area contributed by atoms with Crippen molar-refractivity contribution in [1.29, 1.82) is 0 Å². The molecule has 0 fully saturated rings. The number of rotatable bonds is 5. The van der Waals surface area contributed by atoms with Crippen LogP contribution in [-0.2, 0) is 9.84 Å². The summed E-state index contributed by atoms with van der Waals surface area (Å²) >= 11 is 0. The van der Waals surface area contributed by atoms with Gasteiger partial charge in [0.05, 0.1) is 5.75 Å². The fourth-order valence-electron chi connectivity index (χ4n) is 1.55. The van der Waals surface area contributed by atoms with E-state index >= 15 is 0 Å². The molecule has 0 saturated heterocycles. The normalized spacial score (nSPS) is 12.8. The number of amides is 1. The predicted octanol–water partition coefficient (Wildman–Crippen LogP) is 0.286. The van der Waals surface area contributed by atoms with Gasteiger partial charge in [0, 0.05) is 31.2 Å². The fourth-order valence-corrected chi connectivity index (χ4v) is 2.54. The quantitative estimate of drug-likeness (QED) is 0.803. The molecule has 0 bridgehead atoms. The Hall–Kier alpha value is -1.63. The third-order valence-electron chi connectivity index (χ3n) is 2.19. The van der Waals surface area contributed by atoms with Crippen LogP contribution in [0.2, 0.25) is 0 Å². The van der Waals surface area contributed by atoms with Gasteiger partial charge in [0.25, 0.3) is 5.91 Å². The zero-order valence-electron chi connectivity index (χ0n) is 10.6. The smallest absolute Gasteiger partial charge is 0.269 e. The van der Waals surface area contributed by atoms with E-state index in [1.807, 2.05) is 0 Å². The Morgan fingerprint density at radius 1 is 1.50 bits per heavy atom. The molecule has 0 saturated carbocycles. The van der Waals surface area contributed by atoms with Gasteiger partial charge in [-0.05, 0) is 19.1 Å². The Bertz CT molecular complexity index is 528. The molecule has 2 N–H and O–H groups in total. The van der Waals surface area contributed by atoms with E-state index in [2.05, 4.69) is 15.6 Å². The summed E-state index contributed by atoms with van der Waals surface area (Å²) in [4.78, 5) is 15.3. The van der Waals surface area contributed by atoms with Gasteiger partial charge >= 0.3 is 0 Å². The maximum Gasteiger partial charge on any atom is 0.269 e. The van der Waals surface area contributed by atoms with Gasteiger partial charge in [-0.25, -0.2) is 8.42 Å². The van der Waals surface area contributed by atoms with E-state index in [1.54, 1.807) is 19.1 Å². The van der Waals surface area contributed by atoms with Crippen molar-refractivity contribution in [2.45, 2.75) is 13.0 Å². The molecule has 1 rings (SSSR count). The van der Waals surface area contributed by atoms with E-state index < -0.39 is 9.84 Å². The molecule has 0 aromatic carbocycles. The van der Waals surface area contributed by atoms with Crippen molar-refractivity contribution in [2.75, 3.05) is 24.4 Å². The lowest BCUT2D eigenvalue weighted by atomic mass is 10.2. The Kier molecular flexibility index (Phi) is 4.66. The number of sulfone groups is 1. The van der Waals surface area contributed by atoms with Gasteiger partial charge in [0.2, 0.25) is 0 Å². The first-order chi connectivity index (χ1) is 8.31. The molecular weight excluding hydrogens is 254 g/mol. The molecule has 0 aliphatic heterocycles. The van der Waals surface area contributed by atoms with Crippen molar-refractivity contribution in [3.63, 3.8) is 0 Å². The van der Waals surface area contributed by atoms with Crippen molar-refractivity contribution >= 4 is 21.4 Å². The standard InChI is InChI=1S/C11H17N3O3S/c1-8(7-18(3,16)17)14-9-4-5-13-10(6-9)11(15)12-2/h4-6,8H,7H2,1-3H3,(H,12,15)(H,13,14). The highest BCUT2D eigenvalue weighted by Crippen LogP contribution is 2.10. The molecule has 1 atom stereocenters. The monoisotopic (exact) mass is 271 g/mol. The zero-order chi connectivity index (χ0) is 13.8. The minimum absolute atomic E-state index is 0.0324. The van der Waals surface area contributed by atoms with Crippen molar-refractivity contribution < 1.29 is 13.2 Å². The molecule has 0 aliphatic carbocycles. The lowest BCUT2D eigenvalue weighted by Crippen LogP contribution is -2.25. The molecule has 0 radical (unpaired) electrons. The summed E-state index contributed by atoms with van der Waals surface area (Å²) < 4.78 is 22.3. The summed E-state index contributed by atoms with van der Waals surface area (Å²) in [5, 5.41) is 5.49. The van der Waals surface area contributed by atoms with Crippen molar-refractivity contribution in [2.24, 2.45) is 0 Å². The lowest BCUT2D eigenvalue weighted by Gasteiger charge is -2.14. The highest BCUT2D eigenvalue weighted by atomic mass is 32.2. The highest BCUT2D eigenvalue weighted by Gasteiger charge is 2.11. The highest BCUT2D eigenvalue weighted by molar-refractivity contribution is 7.90. The summed E-state index contributed by atoms with van der Waals surface area (Å²) in [5.41, 5.74) is 0.953. The van der Waals surface area contributed by atoms with Gasteiger partial charge < -0.3 is 10.6 Å². The van der Waals surface area contributed by atoms with Crippen LogP contribution in [0.1, 0.15) is 17.4 Å². The summed E-state index contributed by atoms with van der Waals surface area (Å²) in [6.07, 6.45) is 2.69. The second-order valence-electron chi connectivity index (χ2n) is 4.15. The molecule has 0 spiro atoms. The van der Waals surface area contributed by atoms with Crippen molar-refractivity contribution in [1.82, 2.24) is 10.3 Å². The third kappa shape index (κ3) is 4.70. The number of anilines is 1. The first kappa shape index (κ1) is 14.4. The molecular formula is C11H17N3O3S. The molecule has 1 aromatic rings. The molecule has 1 amide bonds. The average molecular weight is 271 g/mol. The average Bonchev–Trinajstić information content (AvgIpc) is 2.25. The third-order valence-corrected chi connectivity index (χ3v) is 3.29. The number of carbonyl (C=O) groups excluding carboxylic acids is 1. The SMILES string of the molecule is CNC(=O)c1cc(NC(C)CS(C)(=O)=O)ccn1. The number of carbonyl (C=O) groups is 1. The van der Waals surface area contributed by atoms with Crippen LogP contribution in [0.4, 0.5) is 5.69 Å². The maximum atomic E-state index is 11.4. The number of nitrogens with zero attached hydrogens (tertiary/aromatic N) is 1. The van der Waals surface area contributed by atoms with Crippen LogP contribution in [0.15, 0.2) is 18.3 Å². The molecule has 1 aromatic heterocycles. The number of hydrogen-bond acceptors (Lipinski definition) is 5. The molecule has 7 heteroatoms. The van der Waals surface area contributed by atoms with Crippen LogP contribution < -0.4 is 10.6 Å². The Balaban J connectivity index is 2.76. The maximum absolute atomic E-state index is 11.4. The van der Waals surface area contributed by atoms with Crippen molar-refractivity contribution in [3.8, 4) is 0 Å². The molecule has 1 heterocycles. The second kappa shape index (κ2) is 5.81. The minimum atomic E-state index is -3.03. The number of nitrogens with one attached hydrogen (secondary N) is 2. The van der Waals surface area contributed by atoms with Crippen LogP contribution in [0.5, 0.6) is 0 Å². The van der Waals surface area contributed by atoms with Crippen LogP contribution >= 0.6 is 0 Å². The summed E-state index contributed by atoms with van der Waals surface area (Å²) in [7, 11) is -1.51. The Labute approximate surface area is 107 Å². The lowest BCUT2D eigenvalue weighted by molar-refractivity contribution is 0.0958. The Morgan fingerprint density at radius 3 is 2.72 bits per heavy atom. The van der Waals surface area contributed by atoms with Crippen LogP contribution in [0.3, 0.4) is 0 Å². The van der Waals surface area contributed by atoms with Gasteiger partial charge in [-0.1, -0.05) is 0 Å². The molecule has 100 valence electrons. The molecule has 0 aliphatic rings. The van der Waals surface area contributed by atoms with Crippen LogP contribution in [0, 0.1) is 0 Å². The number of pyridine rings is 1.